The molecule has 1 aliphatic carbocycles. The van der Waals surface area contributed by atoms with Crippen LogP contribution in [0, 0.1) is 5.92 Å². The van der Waals surface area contributed by atoms with Crippen LogP contribution in [-0.2, 0) is 16.0 Å². The molecule has 20 heavy (non-hydrogen) atoms. The minimum Gasteiger partial charge on any atom is -0.359 e. The summed E-state index contributed by atoms with van der Waals surface area (Å²) in [7, 11) is 1.62. The van der Waals surface area contributed by atoms with E-state index in [9.17, 15) is 9.59 Å². The van der Waals surface area contributed by atoms with Gasteiger partial charge in [-0.15, -0.1) is 0 Å². The minimum atomic E-state index is -0.0187. The molecule has 0 aromatic heterocycles. The average molecular weight is 272 g/mol. The van der Waals surface area contributed by atoms with E-state index in [4.69, 9.17) is 0 Å². The zero-order valence-corrected chi connectivity index (χ0v) is 11.7. The fourth-order valence-electron chi connectivity index (χ4n) is 2.30. The first-order valence-corrected chi connectivity index (χ1v) is 6.93. The van der Waals surface area contributed by atoms with E-state index < -0.39 is 0 Å². The number of anilines is 1. The number of rotatable bonds is 5. The van der Waals surface area contributed by atoms with Crippen molar-refractivity contribution in [1.29, 1.82) is 0 Å². The van der Waals surface area contributed by atoms with Gasteiger partial charge in [0.15, 0.2) is 0 Å². The van der Waals surface area contributed by atoms with Crippen molar-refractivity contribution in [2.24, 2.45) is 5.92 Å². The van der Waals surface area contributed by atoms with E-state index in [1.807, 2.05) is 24.3 Å². The van der Waals surface area contributed by atoms with Crippen LogP contribution >= 0.6 is 0 Å². The minimum absolute atomic E-state index is 0.0187. The normalized spacial score (nSPS) is 16.9. The largest absolute Gasteiger partial charge is 0.359 e. The third kappa shape index (κ3) is 4.23. The maximum Gasteiger partial charge on any atom is 0.224 e. The van der Waals surface area contributed by atoms with Crippen molar-refractivity contribution in [3.8, 4) is 0 Å². The van der Waals surface area contributed by atoms with Gasteiger partial charge in [0.2, 0.25) is 11.8 Å². The molecule has 0 bridgehead atoms. The van der Waals surface area contributed by atoms with Crippen LogP contribution in [0.3, 0.4) is 0 Å². The number of hydrogen-bond acceptors (Lipinski definition) is 2. The van der Waals surface area contributed by atoms with Crippen LogP contribution in [0.15, 0.2) is 36.4 Å². The van der Waals surface area contributed by atoms with Crippen molar-refractivity contribution < 1.29 is 9.59 Å². The summed E-state index contributed by atoms with van der Waals surface area (Å²) >= 11 is 0. The lowest BCUT2D eigenvalue weighted by Crippen LogP contribution is -2.20. The Labute approximate surface area is 119 Å². The van der Waals surface area contributed by atoms with Crippen molar-refractivity contribution >= 4 is 17.5 Å². The Morgan fingerprint density at radius 2 is 1.95 bits per heavy atom. The monoisotopic (exact) mass is 272 g/mol. The highest BCUT2D eigenvalue weighted by Crippen LogP contribution is 2.21. The average Bonchev–Trinajstić information content (AvgIpc) is 2.93. The molecule has 0 unspecified atom stereocenters. The van der Waals surface area contributed by atoms with Gasteiger partial charge in [-0.2, -0.15) is 0 Å². The van der Waals surface area contributed by atoms with Gasteiger partial charge in [0.05, 0.1) is 6.42 Å². The first kappa shape index (κ1) is 14.3. The van der Waals surface area contributed by atoms with E-state index in [-0.39, 0.29) is 11.8 Å². The maximum atomic E-state index is 11.9. The fraction of sp³-hybridized carbons (Fsp3) is 0.375. The summed E-state index contributed by atoms with van der Waals surface area (Å²) in [6, 6.07) is 7.39. The predicted molar refractivity (Wildman–Crippen MR) is 79.3 cm³/mol. The number of carbonyl (C=O) groups is 2. The lowest BCUT2D eigenvalue weighted by molar-refractivity contribution is -0.120. The van der Waals surface area contributed by atoms with Gasteiger partial charge < -0.3 is 10.6 Å². The van der Waals surface area contributed by atoms with Crippen LogP contribution in [-0.4, -0.2) is 18.9 Å². The van der Waals surface area contributed by atoms with Crippen LogP contribution < -0.4 is 10.6 Å². The van der Waals surface area contributed by atoms with Gasteiger partial charge in [-0.1, -0.05) is 24.3 Å². The molecule has 2 N–H and O–H groups in total. The summed E-state index contributed by atoms with van der Waals surface area (Å²) in [5, 5.41) is 5.48. The third-order valence-electron chi connectivity index (χ3n) is 3.44. The standard InChI is InChI=1S/C16H20N2O2/c1-17-15(19)10-13-6-8-14(9-7-13)18-16(20)11-12-4-2-3-5-12/h2,4,6-9,12H,3,5,10-11H2,1H3,(H,17,19)(H,18,20)/t12-/m0/s1. The van der Waals surface area contributed by atoms with Crippen LogP contribution in [0.5, 0.6) is 0 Å². The smallest absolute Gasteiger partial charge is 0.224 e. The molecule has 2 amide bonds. The number of hydrogen-bond donors (Lipinski definition) is 2. The van der Waals surface area contributed by atoms with Crippen molar-refractivity contribution in [3.05, 3.63) is 42.0 Å². The summed E-state index contributed by atoms with van der Waals surface area (Å²) in [6.07, 6.45) is 7.29. The zero-order valence-electron chi connectivity index (χ0n) is 11.7. The van der Waals surface area contributed by atoms with Crippen LogP contribution in [0.25, 0.3) is 0 Å². The number of nitrogens with one attached hydrogen (secondary N) is 2. The van der Waals surface area contributed by atoms with Gasteiger partial charge in [-0.25, -0.2) is 0 Å². The quantitative estimate of drug-likeness (QED) is 0.808. The Kier molecular flexibility index (Phi) is 4.93. The Balaban J connectivity index is 1.85. The van der Waals surface area contributed by atoms with Crippen LogP contribution in [0.2, 0.25) is 0 Å². The molecule has 0 spiro atoms. The Hall–Kier alpha value is -2.10. The topological polar surface area (TPSA) is 58.2 Å². The van der Waals surface area contributed by atoms with Crippen LogP contribution in [0.1, 0.15) is 24.8 Å². The molecule has 1 atom stereocenters. The first-order valence-electron chi connectivity index (χ1n) is 6.93. The molecule has 1 aromatic rings. The first-order chi connectivity index (χ1) is 9.67. The van der Waals surface area contributed by atoms with E-state index >= 15 is 0 Å². The number of amides is 2. The lowest BCUT2D eigenvalue weighted by Gasteiger charge is -2.09. The van der Waals surface area contributed by atoms with Gasteiger partial charge in [-0.05, 0) is 36.5 Å². The maximum absolute atomic E-state index is 11.9. The van der Waals surface area contributed by atoms with Gasteiger partial charge >= 0.3 is 0 Å². The molecular weight excluding hydrogens is 252 g/mol. The van der Waals surface area contributed by atoms with Crippen molar-refractivity contribution in [3.63, 3.8) is 0 Å². The summed E-state index contributed by atoms with van der Waals surface area (Å²) in [5.41, 5.74) is 1.71. The summed E-state index contributed by atoms with van der Waals surface area (Å²) in [5.74, 6) is 0.401. The van der Waals surface area contributed by atoms with Crippen molar-refractivity contribution in [2.75, 3.05) is 12.4 Å². The van der Waals surface area contributed by atoms with E-state index in [0.29, 0.717) is 18.8 Å². The van der Waals surface area contributed by atoms with Crippen molar-refractivity contribution in [1.82, 2.24) is 5.32 Å². The fourth-order valence-corrected chi connectivity index (χ4v) is 2.30. The molecular formula is C16H20N2O2. The molecule has 4 heteroatoms. The highest BCUT2D eigenvalue weighted by molar-refractivity contribution is 5.91. The second-order valence-electron chi connectivity index (χ2n) is 5.06. The van der Waals surface area contributed by atoms with E-state index in [1.54, 1.807) is 7.05 Å². The molecule has 0 aliphatic heterocycles. The summed E-state index contributed by atoms with van der Waals surface area (Å²) in [4.78, 5) is 23.1. The predicted octanol–water partition coefficient (Wildman–Crippen LogP) is 2.27. The lowest BCUT2D eigenvalue weighted by atomic mass is 10.0. The highest BCUT2D eigenvalue weighted by atomic mass is 16.2. The molecule has 4 nitrogen and oxygen atoms in total. The third-order valence-corrected chi connectivity index (χ3v) is 3.44. The Morgan fingerprint density at radius 1 is 1.20 bits per heavy atom. The van der Waals surface area contributed by atoms with Gasteiger partial charge in [-0.3, -0.25) is 9.59 Å². The molecule has 1 aliphatic rings. The highest BCUT2D eigenvalue weighted by Gasteiger charge is 2.13. The molecule has 0 fully saturated rings. The zero-order chi connectivity index (χ0) is 14.4. The Bertz CT molecular complexity index is 506. The summed E-state index contributed by atoms with van der Waals surface area (Å²) in [6.45, 7) is 0. The number of likely N-dealkylation sites (N-methyl/N-ethyl adjacent to an activating group) is 1. The molecule has 0 saturated heterocycles. The van der Waals surface area contributed by atoms with Crippen LogP contribution in [0.4, 0.5) is 5.69 Å². The second-order valence-corrected chi connectivity index (χ2v) is 5.06. The molecule has 0 radical (unpaired) electrons. The van der Waals surface area contributed by atoms with E-state index in [1.165, 1.54) is 0 Å². The molecule has 106 valence electrons. The summed E-state index contributed by atoms with van der Waals surface area (Å²) < 4.78 is 0. The Morgan fingerprint density at radius 3 is 2.55 bits per heavy atom. The molecule has 0 saturated carbocycles. The number of allylic oxidation sites excluding steroid dienone is 2. The van der Waals surface area contributed by atoms with E-state index in [2.05, 4.69) is 22.8 Å². The second kappa shape index (κ2) is 6.89. The molecule has 1 aromatic carbocycles. The molecule has 2 rings (SSSR count). The van der Waals surface area contributed by atoms with E-state index in [0.717, 1.165) is 24.1 Å². The van der Waals surface area contributed by atoms with Gasteiger partial charge in [0.1, 0.15) is 0 Å². The van der Waals surface area contributed by atoms with Crippen molar-refractivity contribution in [2.45, 2.75) is 25.7 Å². The number of carbonyl (C=O) groups excluding carboxylic acids is 2. The molecule has 0 heterocycles. The van der Waals surface area contributed by atoms with Gasteiger partial charge in [0.25, 0.3) is 0 Å². The van der Waals surface area contributed by atoms with Gasteiger partial charge in [0, 0.05) is 19.2 Å². The number of benzene rings is 1. The SMILES string of the molecule is CNC(=O)Cc1ccc(NC(=O)C[C@H]2C=CCC2)cc1.